The molecule has 0 saturated heterocycles. The van der Waals surface area contributed by atoms with E-state index in [1.807, 2.05) is 42.5 Å². The van der Waals surface area contributed by atoms with E-state index in [0.29, 0.717) is 22.3 Å². The van der Waals surface area contributed by atoms with Gasteiger partial charge in [0.2, 0.25) is 0 Å². The van der Waals surface area contributed by atoms with Crippen LogP contribution in [0.3, 0.4) is 0 Å². The molecular weight excluding hydrogens is 776 g/mol. The molecule has 1 saturated carbocycles. The van der Waals surface area contributed by atoms with Crippen molar-refractivity contribution < 1.29 is 49.5 Å². The lowest BCUT2D eigenvalue weighted by atomic mass is 9.73. The molecule has 0 N–H and O–H groups in total. The molecule has 0 aromatic heterocycles. The number of halogens is 3. The van der Waals surface area contributed by atoms with E-state index in [2.05, 4.69) is 10.0 Å². The van der Waals surface area contributed by atoms with Crippen LogP contribution in [0.25, 0.3) is 10.4 Å². The van der Waals surface area contributed by atoms with Gasteiger partial charge in [0.1, 0.15) is 23.9 Å². The lowest BCUT2D eigenvalue weighted by molar-refractivity contribution is -0.299. The predicted molar refractivity (Wildman–Crippen MR) is 208 cm³/mol. The van der Waals surface area contributed by atoms with Gasteiger partial charge in [-0.05, 0) is 33.3 Å². The summed E-state index contributed by atoms with van der Waals surface area (Å²) < 4.78 is 108. The van der Waals surface area contributed by atoms with Crippen LogP contribution in [0.2, 0.25) is 0 Å². The maximum Gasteiger partial charge on any atom is 0.523 e. The standard InChI is InChI=1S/C43H42F3N3O8S/c44-43(45,46)58(50,51)57-40-37(48-49-47)38(53-27-33-18-8-2-9-19-33)39(54-28-34-20-10-3-11-21-34)41(55-29-35-22-12-4-13-23-35)42(40,56-30-36-24-14-5-15-25-36)31-52-26-32-16-6-1-7-17-32/h1-25,37-41H,26-31H2/t37-,38+,39-,40+,41+,42-/m1/s1. The second-order valence-corrected chi connectivity index (χ2v) is 15.1. The Kier molecular flexibility index (Phi) is 14.7. The average molecular weight is 818 g/mol. The van der Waals surface area contributed by atoms with Gasteiger partial charge in [-0.2, -0.15) is 21.6 Å². The second kappa shape index (κ2) is 20.1. The van der Waals surface area contributed by atoms with Crippen LogP contribution in [0.15, 0.2) is 157 Å². The fourth-order valence-electron chi connectivity index (χ4n) is 6.75. The monoisotopic (exact) mass is 817 g/mol. The first-order chi connectivity index (χ1) is 28.1. The molecule has 0 amide bonds. The van der Waals surface area contributed by atoms with Crippen LogP contribution in [0.4, 0.5) is 13.2 Å². The van der Waals surface area contributed by atoms with Gasteiger partial charge in [-0.1, -0.05) is 157 Å². The summed E-state index contributed by atoms with van der Waals surface area (Å²) >= 11 is 0. The van der Waals surface area contributed by atoms with Crippen LogP contribution in [-0.2, 0) is 71.0 Å². The van der Waals surface area contributed by atoms with E-state index in [0.717, 1.165) is 5.56 Å². The van der Waals surface area contributed by atoms with Gasteiger partial charge in [0, 0.05) is 4.91 Å². The average Bonchev–Trinajstić information content (AvgIpc) is 3.24. The molecule has 15 heteroatoms. The third-order valence-electron chi connectivity index (χ3n) is 9.56. The molecule has 5 aromatic rings. The van der Waals surface area contributed by atoms with E-state index in [9.17, 15) is 27.1 Å². The zero-order valence-corrected chi connectivity index (χ0v) is 32.0. The van der Waals surface area contributed by atoms with Crippen molar-refractivity contribution in [3.63, 3.8) is 0 Å². The van der Waals surface area contributed by atoms with Gasteiger partial charge in [0.15, 0.2) is 0 Å². The molecule has 6 rings (SSSR count). The summed E-state index contributed by atoms with van der Waals surface area (Å²) in [5.41, 5.74) is 5.21. The number of ether oxygens (including phenoxy) is 5. The molecule has 1 aliphatic rings. The third kappa shape index (κ3) is 10.9. The number of benzene rings is 5. The third-order valence-corrected chi connectivity index (χ3v) is 10.6. The number of azide groups is 1. The van der Waals surface area contributed by atoms with Crippen molar-refractivity contribution in [1.29, 1.82) is 0 Å². The molecular formula is C43H42F3N3O8S. The Labute approximate surface area is 335 Å². The van der Waals surface area contributed by atoms with Gasteiger partial charge in [-0.25, -0.2) is 0 Å². The lowest BCUT2D eigenvalue weighted by Crippen LogP contribution is -2.75. The van der Waals surface area contributed by atoms with Gasteiger partial charge in [-0.3, -0.25) is 4.18 Å². The van der Waals surface area contributed by atoms with Gasteiger partial charge in [-0.15, -0.1) is 0 Å². The summed E-state index contributed by atoms with van der Waals surface area (Å²) in [6.45, 7) is -1.30. The van der Waals surface area contributed by atoms with Crippen molar-refractivity contribution in [2.24, 2.45) is 5.11 Å². The van der Waals surface area contributed by atoms with Crippen LogP contribution in [0.5, 0.6) is 0 Å². The molecule has 304 valence electrons. The number of hydrogen-bond donors (Lipinski definition) is 0. The minimum Gasteiger partial charge on any atom is -0.374 e. The van der Waals surface area contributed by atoms with Crippen LogP contribution in [0.1, 0.15) is 27.8 Å². The SMILES string of the molecule is [N-]=[N+]=N[C@@H]1[C@H](OCc2ccccc2)[C@@H](OCc2ccccc2)[C@H](OCc2ccccc2)[C@](COCc2ccccc2)(OCc2ccccc2)[C@H]1OS(=O)(=O)C(F)(F)F. The molecule has 0 aliphatic heterocycles. The number of alkyl halides is 3. The molecule has 11 nitrogen and oxygen atoms in total. The summed E-state index contributed by atoms with van der Waals surface area (Å²) in [5, 5.41) is 3.93. The molecule has 6 atom stereocenters. The highest BCUT2D eigenvalue weighted by Crippen LogP contribution is 2.45. The quantitative estimate of drug-likeness (QED) is 0.0265. The van der Waals surface area contributed by atoms with E-state index in [-0.39, 0.29) is 33.0 Å². The molecule has 0 radical (unpaired) electrons. The summed E-state index contributed by atoms with van der Waals surface area (Å²) in [6, 6.07) is 42.8. The normalized spacial score (nSPS) is 22.2. The fraction of sp³-hybridized carbons (Fsp3) is 0.302. The van der Waals surface area contributed by atoms with Crippen molar-refractivity contribution >= 4 is 10.1 Å². The Balaban J connectivity index is 1.56. The van der Waals surface area contributed by atoms with E-state index >= 15 is 0 Å². The molecule has 0 spiro atoms. The number of hydrogen-bond acceptors (Lipinski definition) is 9. The first-order valence-electron chi connectivity index (χ1n) is 18.4. The van der Waals surface area contributed by atoms with E-state index < -0.39 is 58.3 Å². The van der Waals surface area contributed by atoms with Gasteiger partial charge >= 0.3 is 15.6 Å². The molecule has 0 bridgehead atoms. The smallest absolute Gasteiger partial charge is 0.374 e. The van der Waals surface area contributed by atoms with E-state index in [4.69, 9.17) is 27.9 Å². The van der Waals surface area contributed by atoms with Crippen LogP contribution >= 0.6 is 0 Å². The highest BCUT2D eigenvalue weighted by Gasteiger charge is 2.66. The summed E-state index contributed by atoms with van der Waals surface area (Å²) in [7, 11) is -6.40. The largest absolute Gasteiger partial charge is 0.523 e. The van der Waals surface area contributed by atoms with Crippen LogP contribution < -0.4 is 0 Å². The Morgan fingerprint density at radius 3 is 1.40 bits per heavy atom. The maximum absolute atomic E-state index is 14.4. The van der Waals surface area contributed by atoms with Gasteiger partial charge < -0.3 is 23.7 Å². The Bertz CT molecular complexity index is 2150. The first kappa shape index (κ1) is 42.5. The Morgan fingerprint density at radius 1 is 0.569 bits per heavy atom. The first-order valence-corrected chi connectivity index (χ1v) is 19.8. The molecule has 58 heavy (non-hydrogen) atoms. The summed E-state index contributed by atoms with van der Waals surface area (Å²) in [4.78, 5) is 2.99. The van der Waals surface area contributed by atoms with Crippen molar-refractivity contribution in [3.05, 3.63) is 190 Å². The molecule has 1 aliphatic carbocycles. The number of nitrogens with zero attached hydrogens (tertiary/aromatic N) is 3. The zero-order valence-electron chi connectivity index (χ0n) is 31.2. The van der Waals surface area contributed by atoms with Crippen molar-refractivity contribution in [2.45, 2.75) is 74.6 Å². The predicted octanol–water partition coefficient (Wildman–Crippen LogP) is 8.84. The van der Waals surface area contributed by atoms with Crippen molar-refractivity contribution in [1.82, 2.24) is 0 Å². The Hall–Kier alpha value is -5.09. The maximum atomic E-state index is 14.4. The summed E-state index contributed by atoms with van der Waals surface area (Å²) in [6.07, 6.45) is -6.49. The van der Waals surface area contributed by atoms with Crippen LogP contribution in [0, 0.1) is 0 Å². The summed E-state index contributed by atoms with van der Waals surface area (Å²) in [5.74, 6) is 0. The lowest BCUT2D eigenvalue weighted by Gasteiger charge is -2.55. The fourth-order valence-corrected chi connectivity index (χ4v) is 7.41. The number of rotatable bonds is 19. The second-order valence-electron chi connectivity index (χ2n) is 13.6. The highest BCUT2D eigenvalue weighted by atomic mass is 32.2. The molecule has 5 aromatic carbocycles. The Morgan fingerprint density at radius 2 is 0.966 bits per heavy atom. The van der Waals surface area contributed by atoms with Crippen LogP contribution in [-0.4, -0.2) is 56.6 Å². The van der Waals surface area contributed by atoms with E-state index in [1.165, 1.54) is 0 Å². The zero-order chi connectivity index (χ0) is 40.9. The molecule has 0 unspecified atom stereocenters. The van der Waals surface area contributed by atoms with Gasteiger partial charge in [0.05, 0.1) is 51.8 Å². The minimum absolute atomic E-state index is 0.0586. The minimum atomic E-state index is -6.40. The topological polar surface area (TPSA) is 138 Å². The molecule has 1 fully saturated rings. The van der Waals surface area contributed by atoms with Crippen molar-refractivity contribution in [3.8, 4) is 0 Å². The van der Waals surface area contributed by atoms with Gasteiger partial charge in [0.25, 0.3) is 0 Å². The highest BCUT2D eigenvalue weighted by molar-refractivity contribution is 7.87. The van der Waals surface area contributed by atoms with E-state index in [1.54, 1.807) is 109 Å². The van der Waals surface area contributed by atoms with Crippen molar-refractivity contribution in [2.75, 3.05) is 6.61 Å². The molecule has 0 heterocycles.